The highest BCUT2D eigenvalue weighted by atomic mass is 35.5. The van der Waals surface area contributed by atoms with Crippen molar-refractivity contribution in [1.29, 1.82) is 0 Å². The van der Waals surface area contributed by atoms with Crippen LogP contribution in [0, 0.1) is 13.8 Å². The van der Waals surface area contributed by atoms with Crippen LogP contribution >= 0.6 is 11.6 Å². The van der Waals surface area contributed by atoms with E-state index in [1.165, 1.54) is 0 Å². The van der Waals surface area contributed by atoms with Crippen LogP contribution in [-0.2, 0) is 4.74 Å². The van der Waals surface area contributed by atoms with Crippen LogP contribution in [0.5, 0.6) is 0 Å². The molecule has 0 heterocycles. The van der Waals surface area contributed by atoms with Gasteiger partial charge in [-0.2, -0.15) is 0 Å². The zero-order chi connectivity index (χ0) is 15.3. The number of alkyl carbamates (subject to hydrolysis) is 1. The van der Waals surface area contributed by atoms with Crippen LogP contribution in [0.3, 0.4) is 0 Å². The molecule has 0 fully saturated rings. The molecule has 110 valence electrons. The van der Waals surface area contributed by atoms with E-state index in [4.69, 9.17) is 16.3 Å². The number of benzene rings is 1. The van der Waals surface area contributed by atoms with Crippen molar-refractivity contribution in [3.05, 3.63) is 39.9 Å². The standard InChI is InChI=1S/C16H22ClNO2/c1-11-9-13(17)10-12(2)14(11)7-6-8-18-15(19)20-16(3,4)5/h6-7,9-10H,8H2,1-5H3,(H,18,19). The maximum atomic E-state index is 11.5. The molecule has 0 saturated heterocycles. The van der Waals surface area contributed by atoms with Crippen LogP contribution in [-0.4, -0.2) is 18.2 Å². The summed E-state index contributed by atoms with van der Waals surface area (Å²) in [7, 11) is 0. The summed E-state index contributed by atoms with van der Waals surface area (Å²) in [5.41, 5.74) is 2.88. The molecule has 1 aromatic rings. The summed E-state index contributed by atoms with van der Waals surface area (Å²) in [5, 5.41) is 3.43. The van der Waals surface area contributed by atoms with Crippen molar-refractivity contribution in [3.63, 3.8) is 0 Å². The molecule has 4 heteroatoms. The van der Waals surface area contributed by atoms with Crippen molar-refractivity contribution in [2.75, 3.05) is 6.54 Å². The Hall–Kier alpha value is -1.48. The molecular weight excluding hydrogens is 274 g/mol. The van der Waals surface area contributed by atoms with Crippen LogP contribution in [0.2, 0.25) is 5.02 Å². The van der Waals surface area contributed by atoms with Gasteiger partial charge in [-0.25, -0.2) is 4.79 Å². The first kappa shape index (κ1) is 16.6. The fourth-order valence-electron chi connectivity index (χ4n) is 1.82. The summed E-state index contributed by atoms with van der Waals surface area (Å²) in [4.78, 5) is 11.5. The second kappa shape index (κ2) is 6.80. The second-order valence-corrected chi connectivity index (χ2v) is 6.17. The highest BCUT2D eigenvalue weighted by Crippen LogP contribution is 2.21. The van der Waals surface area contributed by atoms with Gasteiger partial charge in [-0.15, -0.1) is 0 Å². The number of hydrogen-bond acceptors (Lipinski definition) is 2. The first-order valence-electron chi connectivity index (χ1n) is 6.59. The largest absolute Gasteiger partial charge is 0.444 e. The van der Waals surface area contributed by atoms with Crippen LogP contribution in [0.4, 0.5) is 4.79 Å². The molecule has 0 aliphatic carbocycles. The fourth-order valence-corrected chi connectivity index (χ4v) is 2.15. The summed E-state index contributed by atoms with van der Waals surface area (Å²) >= 11 is 5.99. The minimum absolute atomic E-state index is 0.410. The van der Waals surface area contributed by atoms with Gasteiger partial charge in [0.25, 0.3) is 0 Å². The third-order valence-corrected chi connectivity index (χ3v) is 2.82. The molecule has 0 aliphatic heterocycles. The first-order valence-corrected chi connectivity index (χ1v) is 6.97. The Morgan fingerprint density at radius 3 is 2.35 bits per heavy atom. The highest BCUT2D eigenvalue weighted by Gasteiger charge is 2.14. The monoisotopic (exact) mass is 295 g/mol. The van der Waals surface area contributed by atoms with Crippen molar-refractivity contribution in [3.8, 4) is 0 Å². The topological polar surface area (TPSA) is 38.3 Å². The Labute approximate surface area is 126 Å². The Morgan fingerprint density at radius 1 is 1.30 bits per heavy atom. The van der Waals surface area contributed by atoms with Gasteiger partial charge in [0, 0.05) is 11.6 Å². The summed E-state index contributed by atoms with van der Waals surface area (Å²) in [6.45, 7) is 9.96. The molecule has 0 unspecified atom stereocenters. The summed E-state index contributed by atoms with van der Waals surface area (Å²) in [5.74, 6) is 0. The Kier molecular flexibility index (Phi) is 5.63. The number of carbonyl (C=O) groups is 1. The molecule has 1 amide bonds. The SMILES string of the molecule is Cc1cc(Cl)cc(C)c1C=CCNC(=O)OC(C)(C)C. The molecule has 1 aromatic carbocycles. The molecule has 0 aromatic heterocycles. The molecular formula is C16H22ClNO2. The second-order valence-electron chi connectivity index (χ2n) is 5.74. The van der Waals surface area contributed by atoms with E-state index in [9.17, 15) is 4.79 Å². The van der Waals surface area contributed by atoms with Crippen molar-refractivity contribution < 1.29 is 9.53 Å². The van der Waals surface area contributed by atoms with Gasteiger partial charge >= 0.3 is 6.09 Å². The van der Waals surface area contributed by atoms with Crippen molar-refractivity contribution in [2.45, 2.75) is 40.2 Å². The Morgan fingerprint density at radius 2 is 1.85 bits per heavy atom. The molecule has 0 radical (unpaired) electrons. The van der Waals surface area contributed by atoms with Crippen molar-refractivity contribution in [1.82, 2.24) is 5.32 Å². The number of amides is 1. The number of nitrogens with one attached hydrogen (secondary N) is 1. The number of halogens is 1. The predicted molar refractivity (Wildman–Crippen MR) is 84.2 cm³/mol. The molecule has 0 bridgehead atoms. The van der Waals surface area contributed by atoms with Crippen LogP contribution in [0.15, 0.2) is 18.2 Å². The Bertz CT molecular complexity index is 493. The van der Waals surface area contributed by atoms with Gasteiger partial charge in [0.05, 0.1) is 0 Å². The van der Waals surface area contributed by atoms with Crippen molar-refractivity contribution in [2.24, 2.45) is 0 Å². The third kappa shape index (κ3) is 5.66. The lowest BCUT2D eigenvalue weighted by molar-refractivity contribution is 0.0534. The van der Waals surface area contributed by atoms with E-state index in [2.05, 4.69) is 5.32 Å². The van der Waals surface area contributed by atoms with E-state index >= 15 is 0 Å². The normalized spacial score (nSPS) is 11.7. The van der Waals surface area contributed by atoms with Gasteiger partial charge in [-0.3, -0.25) is 0 Å². The first-order chi connectivity index (χ1) is 9.19. The zero-order valence-electron chi connectivity index (χ0n) is 12.7. The molecule has 20 heavy (non-hydrogen) atoms. The van der Waals surface area contributed by atoms with E-state index in [0.29, 0.717) is 6.54 Å². The van der Waals surface area contributed by atoms with E-state index in [0.717, 1.165) is 21.7 Å². The fraction of sp³-hybridized carbons (Fsp3) is 0.438. The maximum absolute atomic E-state index is 11.5. The lowest BCUT2D eigenvalue weighted by Gasteiger charge is -2.19. The van der Waals surface area contributed by atoms with Gasteiger partial charge in [0.15, 0.2) is 0 Å². The molecule has 0 spiro atoms. The quantitative estimate of drug-likeness (QED) is 0.892. The average molecular weight is 296 g/mol. The molecule has 1 N–H and O–H groups in total. The van der Waals surface area contributed by atoms with Crippen LogP contribution in [0.25, 0.3) is 6.08 Å². The van der Waals surface area contributed by atoms with Gasteiger partial charge in [0.1, 0.15) is 5.60 Å². The smallest absolute Gasteiger partial charge is 0.407 e. The number of rotatable bonds is 3. The van der Waals surface area contributed by atoms with Crippen LogP contribution in [0.1, 0.15) is 37.5 Å². The highest BCUT2D eigenvalue weighted by molar-refractivity contribution is 6.30. The summed E-state index contributed by atoms with van der Waals surface area (Å²) < 4.78 is 5.15. The van der Waals surface area contributed by atoms with E-state index in [1.54, 1.807) is 0 Å². The lowest BCUT2D eigenvalue weighted by Crippen LogP contribution is -2.32. The summed E-state index contributed by atoms with van der Waals surface area (Å²) in [6.07, 6.45) is 3.47. The number of carbonyl (C=O) groups excluding carboxylic acids is 1. The van der Waals surface area contributed by atoms with Crippen LogP contribution < -0.4 is 5.32 Å². The number of aryl methyl sites for hydroxylation is 2. The zero-order valence-corrected chi connectivity index (χ0v) is 13.5. The van der Waals surface area contributed by atoms with Gasteiger partial charge in [-0.05, 0) is 63.4 Å². The Balaban J connectivity index is 2.56. The van der Waals surface area contributed by atoms with E-state index < -0.39 is 11.7 Å². The van der Waals surface area contributed by atoms with Gasteiger partial charge in [-0.1, -0.05) is 23.8 Å². The average Bonchev–Trinajstić information content (AvgIpc) is 2.23. The van der Waals surface area contributed by atoms with Gasteiger partial charge in [0.2, 0.25) is 0 Å². The van der Waals surface area contributed by atoms with Crippen molar-refractivity contribution >= 4 is 23.8 Å². The molecule has 0 saturated carbocycles. The minimum atomic E-state index is -0.475. The number of hydrogen-bond donors (Lipinski definition) is 1. The number of ether oxygens (including phenoxy) is 1. The third-order valence-electron chi connectivity index (χ3n) is 2.61. The molecule has 0 aliphatic rings. The summed E-state index contributed by atoms with van der Waals surface area (Å²) in [6, 6.07) is 3.85. The van der Waals surface area contributed by atoms with E-state index in [1.807, 2.05) is 58.9 Å². The molecule has 0 atom stereocenters. The van der Waals surface area contributed by atoms with E-state index in [-0.39, 0.29) is 0 Å². The lowest BCUT2D eigenvalue weighted by atomic mass is 10.0. The minimum Gasteiger partial charge on any atom is -0.444 e. The predicted octanol–water partition coefficient (Wildman–Crippen LogP) is 4.49. The van der Waals surface area contributed by atoms with Gasteiger partial charge < -0.3 is 10.1 Å². The maximum Gasteiger partial charge on any atom is 0.407 e. The molecule has 1 rings (SSSR count). The molecule has 3 nitrogen and oxygen atoms in total.